The van der Waals surface area contributed by atoms with E-state index in [2.05, 4.69) is 12.1 Å². The quantitative estimate of drug-likeness (QED) is 0.598. The second-order valence-electron chi connectivity index (χ2n) is 3.27. The van der Waals surface area contributed by atoms with Gasteiger partial charge in [-0.3, -0.25) is 0 Å². The van der Waals surface area contributed by atoms with Gasteiger partial charge in [-0.05, 0) is 35.4 Å². The molecule has 0 atom stereocenters. The van der Waals surface area contributed by atoms with E-state index in [4.69, 9.17) is 4.74 Å². The molecule has 1 heterocycles. The lowest BCUT2D eigenvalue weighted by Gasteiger charge is -1.94. The highest BCUT2D eigenvalue weighted by atomic mass is 32.1. The number of hydrogen-bond donors (Lipinski definition) is 0. The van der Waals surface area contributed by atoms with Gasteiger partial charge in [0, 0.05) is 10.8 Å². The van der Waals surface area contributed by atoms with Crippen LogP contribution in [0.1, 0.15) is 12.5 Å². The van der Waals surface area contributed by atoms with E-state index in [-0.39, 0.29) is 5.97 Å². The number of benzene rings is 1. The SMILES string of the molecule is CCOC(=O)C=Cc1csc2ccccc12. The van der Waals surface area contributed by atoms with Crippen molar-refractivity contribution in [2.45, 2.75) is 6.92 Å². The Labute approximate surface area is 98.2 Å². The Hall–Kier alpha value is -1.61. The van der Waals surface area contributed by atoms with Crippen LogP contribution in [0.4, 0.5) is 0 Å². The van der Waals surface area contributed by atoms with Crippen LogP contribution < -0.4 is 0 Å². The highest BCUT2D eigenvalue weighted by Gasteiger charge is 2.00. The Morgan fingerprint density at radius 3 is 3.06 bits per heavy atom. The molecule has 1 aromatic carbocycles. The zero-order valence-electron chi connectivity index (χ0n) is 8.97. The maximum absolute atomic E-state index is 11.2. The van der Waals surface area contributed by atoms with Gasteiger partial charge in [0.1, 0.15) is 0 Å². The third-order valence-electron chi connectivity index (χ3n) is 2.20. The van der Waals surface area contributed by atoms with Crippen LogP contribution in [0.5, 0.6) is 0 Å². The molecule has 0 saturated heterocycles. The summed E-state index contributed by atoms with van der Waals surface area (Å²) in [6.07, 6.45) is 3.27. The van der Waals surface area contributed by atoms with E-state index in [1.54, 1.807) is 24.3 Å². The molecule has 2 nitrogen and oxygen atoms in total. The first-order valence-corrected chi connectivity index (χ1v) is 6.00. The predicted octanol–water partition coefficient (Wildman–Crippen LogP) is 3.48. The summed E-state index contributed by atoms with van der Waals surface area (Å²) in [5.74, 6) is -0.294. The van der Waals surface area contributed by atoms with Crippen molar-refractivity contribution < 1.29 is 9.53 Å². The lowest BCUT2D eigenvalue weighted by Crippen LogP contribution is -1.98. The Morgan fingerprint density at radius 2 is 2.25 bits per heavy atom. The van der Waals surface area contributed by atoms with E-state index in [9.17, 15) is 4.79 Å². The molecule has 2 aromatic rings. The number of rotatable bonds is 3. The maximum Gasteiger partial charge on any atom is 0.330 e. The molecule has 0 fully saturated rings. The van der Waals surface area contributed by atoms with E-state index in [1.807, 2.05) is 17.5 Å². The van der Waals surface area contributed by atoms with Crippen LogP contribution in [-0.2, 0) is 9.53 Å². The van der Waals surface area contributed by atoms with Gasteiger partial charge in [-0.15, -0.1) is 11.3 Å². The van der Waals surface area contributed by atoms with Gasteiger partial charge >= 0.3 is 5.97 Å². The number of hydrogen-bond acceptors (Lipinski definition) is 3. The molecule has 1 aromatic heterocycles. The summed E-state index contributed by atoms with van der Waals surface area (Å²) in [4.78, 5) is 11.2. The van der Waals surface area contributed by atoms with Gasteiger partial charge in [0.25, 0.3) is 0 Å². The van der Waals surface area contributed by atoms with Gasteiger partial charge in [-0.25, -0.2) is 4.79 Å². The maximum atomic E-state index is 11.2. The first-order chi connectivity index (χ1) is 7.81. The fourth-order valence-electron chi connectivity index (χ4n) is 1.48. The van der Waals surface area contributed by atoms with Crippen molar-refractivity contribution in [3.8, 4) is 0 Å². The van der Waals surface area contributed by atoms with Gasteiger partial charge in [0.2, 0.25) is 0 Å². The molecule has 0 bridgehead atoms. The van der Waals surface area contributed by atoms with Crippen molar-refractivity contribution in [3.63, 3.8) is 0 Å². The van der Waals surface area contributed by atoms with Crippen molar-refractivity contribution in [3.05, 3.63) is 41.3 Å². The van der Waals surface area contributed by atoms with E-state index < -0.39 is 0 Å². The first kappa shape index (κ1) is 10.9. The summed E-state index contributed by atoms with van der Waals surface area (Å²) in [5, 5.41) is 3.22. The second-order valence-corrected chi connectivity index (χ2v) is 4.18. The monoisotopic (exact) mass is 232 g/mol. The average molecular weight is 232 g/mol. The largest absolute Gasteiger partial charge is 0.463 e. The molecular formula is C13H12O2S. The van der Waals surface area contributed by atoms with Gasteiger partial charge in [-0.1, -0.05) is 18.2 Å². The summed E-state index contributed by atoms with van der Waals surface area (Å²) in [7, 11) is 0. The average Bonchev–Trinajstić information content (AvgIpc) is 2.70. The van der Waals surface area contributed by atoms with E-state index in [0.717, 1.165) is 5.56 Å². The molecule has 0 saturated carbocycles. The van der Waals surface area contributed by atoms with E-state index >= 15 is 0 Å². The summed E-state index contributed by atoms with van der Waals surface area (Å²) in [6.45, 7) is 2.21. The number of ether oxygens (including phenoxy) is 1. The molecule has 0 unspecified atom stereocenters. The highest BCUT2D eigenvalue weighted by molar-refractivity contribution is 7.17. The Kier molecular flexibility index (Phi) is 3.37. The molecule has 0 N–H and O–H groups in total. The topological polar surface area (TPSA) is 26.3 Å². The molecule has 0 amide bonds. The van der Waals surface area contributed by atoms with Crippen molar-refractivity contribution in [2.24, 2.45) is 0 Å². The molecule has 0 aliphatic rings. The van der Waals surface area contributed by atoms with Crippen molar-refractivity contribution in [1.29, 1.82) is 0 Å². The summed E-state index contributed by atoms with van der Waals surface area (Å²) >= 11 is 1.68. The van der Waals surface area contributed by atoms with Crippen LogP contribution in [-0.4, -0.2) is 12.6 Å². The molecule has 0 aliphatic carbocycles. The molecule has 2 rings (SSSR count). The van der Waals surface area contributed by atoms with Crippen molar-refractivity contribution in [2.75, 3.05) is 6.61 Å². The van der Waals surface area contributed by atoms with Gasteiger partial charge in [-0.2, -0.15) is 0 Å². The molecule has 82 valence electrons. The van der Waals surface area contributed by atoms with Crippen LogP contribution in [0.15, 0.2) is 35.7 Å². The van der Waals surface area contributed by atoms with Crippen molar-refractivity contribution >= 4 is 33.5 Å². The second kappa shape index (κ2) is 4.94. The molecular weight excluding hydrogens is 220 g/mol. The summed E-state index contributed by atoms with van der Waals surface area (Å²) in [6, 6.07) is 8.13. The summed E-state index contributed by atoms with van der Waals surface area (Å²) in [5.41, 5.74) is 1.06. The van der Waals surface area contributed by atoms with Crippen LogP contribution in [0.3, 0.4) is 0 Å². The van der Waals surface area contributed by atoms with Crippen molar-refractivity contribution in [1.82, 2.24) is 0 Å². The molecule has 0 aliphatic heterocycles. The van der Waals surface area contributed by atoms with E-state index in [0.29, 0.717) is 6.61 Å². The number of carbonyl (C=O) groups is 1. The predicted molar refractivity (Wildman–Crippen MR) is 67.5 cm³/mol. The normalized spacial score (nSPS) is 11.1. The smallest absolute Gasteiger partial charge is 0.330 e. The zero-order chi connectivity index (χ0) is 11.4. The van der Waals surface area contributed by atoms with Crippen LogP contribution in [0, 0.1) is 0 Å². The minimum atomic E-state index is -0.294. The van der Waals surface area contributed by atoms with Gasteiger partial charge < -0.3 is 4.74 Å². The van der Waals surface area contributed by atoms with Crippen LogP contribution in [0.2, 0.25) is 0 Å². The van der Waals surface area contributed by atoms with Crippen LogP contribution in [0.25, 0.3) is 16.2 Å². The Balaban J connectivity index is 2.24. The molecule has 0 radical (unpaired) electrons. The van der Waals surface area contributed by atoms with Gasteiger partial charge in [0.05, 0.1) is 6.61 Å². The van der Waals surface area contributed by atoms with Gasteiger partial charge in [0.15, 0.2) is 0 Å². The molecule has 3 heteroatoms. The Morgan fingerprint density at radius 1 is 1.44 bits per heavy atom. The molecule has 0 spiro atoms. The Bertz CT molecular complexity index is 525. The third-order valence-corrected chi connectivity index (χ3v) is 3.18. The standard InChI is InChI=1S/C13H12O2S/c1-2-15-13(14)8-7-10-9-16-12-6-4-3-5-11(10)12/h3-9H,2H2,1H3. The first-order valence-electron chi connectivity index (χ1n) is 5.12. The fraction of sp³-hybridized carbons (Fsp3) is 0.154. The number of esters is 1. The summed E-state index contributed by atoms with van der Waals surface area (Å²) < 4.78 is 6.06. The zero-order valence-corrected chi connectivity index (χ0v) is 9.79. The van der Waals surface area contributed by atoms with E-state index in [1.165, 1.54) is 16.2 Å². The fourth-order valence-corrected chi connectivity index (χ4v) is 2.41. The van der Waals surface area contributed by atoms with Crippen LogP contribution >= 0.6 is 11.3 Å². The molecule has 16 heavy (non-hydrogen) atoms. The number of carbonyl (C=O) groups excluding carboxylic acids is 1. The third kappa shape index (κ3) is 2.31. The number of fused-ring (bicyclic) bond motifs is 1. The lowest BCUT2D eigenvalue weighted by atomic mass is 10.2. The minimum Gasteiger partial charge on any atom is -0.463 e. The number of thiophene rings is 1. The highest BCUT2D eigenvalue weighted by Crippen LogP contribution is 2.26. The lowest BCUT2D eigenvalue weighted by molar-refractivity contribution is -0.137. The minimum absolute atomic E-state index is 0.294.